The van der Waals surface area contributed by atoms with Crippen molar-refractivity contribution in [3.05, 3.63) is 24.6 Å². The number of benzene rings is 1. The van der Waals surface area contributed by atoms with Crippen LogP contribution in [0.15, 0.2) is 29.0 Å². The van der Waals surface area contributed by atoms with Crippen molar-refractivity contribution in [3.63, 3.8) is 0 Å². The first-order valence-corrected chi connectivity index (χ1v) is 7.24. The number of hydrogen-bond acceptors (Lipinski definition) is 5. The SMILES string of the molecule is CS(=O)(=O)CCCOc1ccc2ocnc2c1. The van der Waals surface area contributed by atoms with Crippen molar-refractivity contribution < 1.29 is 17.6 Å². The summed E-state index contributed by atoms with van der Waals surface area (Å²) in [4.78, 5) is 4.00. The van der Waals surface area contributed by atoms with Crippen molar-refractivity contribution in [1.82, 2.24) is 4.98 Å². The van der Waals surface area contributed by atoms with Gasteiger partial charge in [0.25, 0.3) is 0 Å². The Hall–Kier alpha value is -1.56. The molecular formula is C11H13NO4S. The third-order valence-corrected chi connectivity index (χ3v) is 3.26. The summed E-state index contributed by atoms with van der Waals surface area (Å²) in [5.41, 5.74) is 1.43. The molecule has 1 heterocycles. The molecule has 2 aromatic rings. The molecule has 0 unspecified atom stereocenters. The monoisotopic (exact) mass is 255 g/mol. The van der Waals surface area contributed by atoms with Crippen molar-refractivity contribution in [3.8, 4) is 5.75 Å². The van der Waals surface area contributed by atoms with Gasteiger partial charge in [-0.2, -0.15) is 0 Å². The molecular weight excluding hydrogens is 242 g/mol. The van der Waals surface area contributed by atoms with Gasteiger partial charge < -0.3 is 9.15 Å². The summed E-state index contributed by atoms with van der Waals surface area (Å²) in [7, 11) is -2.91. The van der Waals surface area contributed by atoms with E-state index in [0.717, 1.165) is 5.52 Å². The van der Waals surface area contributed by atoms with Gasteiger partial charge in [-0.15, -0.1) is 0 Å². The average molecular weight is 255 g/mol. The van der Waals surface area contributed by atoms with Gasteiger partial charge in [-0.25, -0.2) is 13.4 Å². The first-order valence-electron chi connectivity index (χ1n) is 5.18. The van der Waals surface area contributed by atoms with Gasteiger partial charge in [-0.3, -0.25) is 0 Å². The van der Waals surface area contributed by atoms with Gasteiger partial charge in [0.05, 0.1) is 12.4 Å². The van der Waals surface area contributed by atoms with Crippen molar-refractivity contribution in [2.24, 2.45) is 0 Å². The Morgan fingerprint density at radius 1 is 1.41 bits per heavy atom. The van der Waals surface area contributed by atoms with Crippen LogP contribution < -0.4 is 4.74 Å². The molecule has 0 spiro atoms. The molecule has 0 saturated heterocycles. The van der Waals surface area contributed by atoms with E-state index in [4.69, 9.17) is 9.15 Å². The molecule has 92 valence electrons. The smallest absolute Gasteiger partial charge is 0.181 e. The van der Waals surface area contributed by atoms with E-state index in [2.05, 4.69) is 4.98 Å². The van der Waals surface area contributed by atoms with Gasteiger partial charge >= 0.3 is 0 Å². The van der Waals surface area contributed by atoms with E-state index in [9.17, 15) is 8.42 Å². The maximum atomic E-state index is 10.9. The van der Waals surface area contributed by atoms with Crippen LogP contribution in [0.5, 0.6) is 5.75 Å². The highest BCUT2D eigenvalue weighted by atomic mass is 32.2. The molecule has 0 fully saturated rings. The summed E-state index contributed by atoms with van der Waals surface area (Å²) < 4.78 is 32.3. The second-order valence-electron chi connectivity index (χ2n) is 3.81. The molecule has 0 bridgehead atoms. The molecule has 0 saturated carbocycles. The lowest BCUT2D eigenvalue weighted by molar-refractivity contribution is 0.318. The lowest BCUT2D eigenvalue weighted by atomic mass is 10.3. The summed E-state index contributed by atoms with van der Waals surface area (Å²) in [6.07, 6.45) is 3.07. The highest BCUT2D eigenvalue weighted by Gasteiger charge is 2.03. The third kappa shape index (κ3) is 3.45. The number of rotatable bonds is 5. The quantitative estimate of drug-likeness (QED) is 0.760. The van der Waals surface area contributed by atoms with E-state index in [-0.39, 0.29) is 5.75 Å². The van der Waals surface area contributed by atoms with Crippen molar-refractivity contribution in [2.75, 3.05) is 18.6 Å². The maximum Gasteiger partial charge on any atom is 0.181 e. The molecule has 0 aliphatic carbocycles. The van der Waals surface area contributed by atoms with Gasteiger partial charge in [-0.05, 0) is 18.6 Å². The predicted molar refractivity (Wildman–Crippen MR) is 63.8 cm³/mol. The largest absolute Gasteiger partial charge is 0.493 e. The fourth-order valence-corrected chi connectivity index (χ4v) is 2.08. The number of hydrogen-bond donors (Lipinski definition) is 0. The van der Waals surface area contributed by atoms with Gasteiger partial charge in [-0.1, -0.05) is 0 Å². The number of oxazole rings is 1. The summed E-state index contributed by atoms with van der Waals surface area (Å²) in [6, 6.07) is 5.31. The van der Waals surface area contributed by atoms with Gasteiger partial charge in [0.2, 0.25) is 0 Å². The minimum absolute atomic E-state index is 0.138. The number of aromatic nitrogens is 1. The second kappa shape index (κ2) is 4.75. The standard InChI is InChI=1S/C11H13NO4S/c1-17(13,14)6-2-5-15-9-3-4-11-10(7-9)12-8-16-11/h3-4,7-8H,2,5-6H2,1H3. The fraction of sp³-hybridized carbons (Fsp3) is 0.364. The molecule has 1 aromatic heterocycles. The molecule has 0 atom stereocenters. The first kappa shape index (κ1) is 11.9. The molecule has 0 amide bonds. The zero-order valence-electron chi connectivity index (χ0n) is 9.42. The molecule has 1 aromatic carbocycles. The maximum absolute atomic E-state index is 10.9. The van der Waals surface area contributed by atoms with Crippen LogP contribution in [0.1, 0.15) is 6.42 Å². The molecule has 6 heteroatoms. The van der Waals surface area contributed by atoms with Crippen molar-refractivity contribution >= 4 is 20.9 Å². The normalized spacial score (nSPS) is 11.8. The van der Waals surface area contributed by atoms with E-state index in [1.807, 2.05) is 0 Å². The Kier molecular flexibility index (Phi) is 3.33. The average Bonchev–Trinajstić information content (AvgIpc) is 2.70. The molecule has 0 N–H and O–H groups in total. The van der Waals surface area contributed by atoms with Crippen molar-refractivity contribution in [1.29, 1.82) is 0 Å². The van der Waals surface area contributed by atoms with Crippen LogP contribution >= 0.6 is 0 Å². The summed E-state index contributed by atoms with van der Waals surface area (Å²) >= 11 is 0. The Morgan fingerprint density at radius 2 is 2.24 bits per heavy atom. The Labute approximate surface area is 99.3 Å². The second-order valence-corrected chi connectivity index (χ2v) is 6.07. The van der Waals surface area contributed by atoms with Crippen molar-refractivity contribution in [2.45, 2.75) is 6.42 Å². The Balaban J connectivity index is 1.90. The van der Waals surface area contributed by atoms with Crippen LogP contribution in [-0.2, 0) is 9.84 Å². The minimum atomic E-state index is -2.91. The molecule has 2 rings (SSSR count). The Bertz CT molecular complexity index is 603. The molecule has 5 nitrogen and oxygen atoms in total. The van der Waals surface area contributed by atoms with Crippen LogP contribution in [0, 0.1) is 0 Å². The third-order valence-electron chi connectivity index (χ3n) is 2.23. The van der Waals surface area contributed by atoms with Gasteiger partial charge in [0.1, 0.15) is 21.1 Å². The van der Waals surface area contributed by atoms with E-state index in [1.165, 1.54) is 12.6 Å². The zero-order chi connectivity index (χ0) is 12.3. The molecule has 0 radical (unpaired) electrons. The number of sulfone groups is 1. The molecule has 0 aliphatic rings. The van der Waals surface area contributed by atoms with E-state index < -0.39 is 9.84 Å². The summed E-state index contributed by atoms with van der Waals surface area (Å²) in [6.45, 7) is 0.371. The molecule has 17 heavy (non-hydrogen) atoms. The van der Waals surface area contributed by atoms with Crippen LogP contribution in [-0.4, -0.2) is 32.0 Å². The van der Waals surface area contributed by atoms with E-state index >= 15 is 0 Å². The Morgan fingerprint density at radius 3 is 3.00 bits per heavy atom. The first-order chi connectivity index (χ1) is 8.04. The fourth-order valence-electron chi connectivity index (χ4n) is 1.44. The summed E-state index contributed by atoms with van der Waals surface area (Å²) in [5, 5.41) is 0. The highest BCUT2D eigenvalue weighted by Crippen LogP contribution is 2.19. The molecule has 0 aliphatic heterocycles. The number of nitrogens with zero attached hydrogens (tertiary/aromatic N) is 1. The lowest BCUT2D eigenvalue weighted by Crippen LogP contribution is -2.07. The van der Waals surface area contributed by atoms with Gasteiger partial charge in [0.15, 0.2) is 12.0 Å². The lowest BCUT2D eigenvalue weighted by Gasteiger charge is -2.04. The van der Waals surface area contributed by atoms with Crippen LogP contribution in [0.2, 0.25) is 0 Å². The number of ether oxygens (including phenoxy) is 1. The number of fused-ring (bicyclic) bond motifs is 1. The highest BCUT2D eigenvalue weighted by molar-refractivity contribution is 7.90. The topological polar surface area (TPSA) is 69.4 Å². The van der Waals surface area contributed by atoms with Gasteiger partial charge in [0, 0.05) is 12.3 Å². The van der Waals surface area contributed by atoms with Crippen LogP contribution in [0.3, 0.4) is 0 Å². The summed E-state index contributed by atoms with van der Waals surface area (Å²) in [5.74, 6) is 0.805. The van der Waals surface area contributed by atoms with E-state index in [0.29, 0.717) is 24.4 Å². The zero-order valence-corrected chi connectivity index (χ0v) is 10.2. The van der Waals surface area contributed by atoms with Crippen LogP contribution in [0.25, 0.3) is 11.1 Å². The predicted octanol–water partition coefficient (Wildman–Crippen LogP) is 1.64. The van der Waals surface area contributed by atoms with E-state index in [1.54, 1.807) is 18.2 Å². The minimum Gasteiger partial charge on any atom is -0.493 e. The van der Waals surface area contributed by atoms with Crippen LogP contribution in [0.4, 0.5) is 0 Å².